The minimum atomic E-state index is -0.668. The molecule has 0 spiro atoms. The van der Waals surface area contributed by atoms with Crippen molar-refractivity contribution in [3.8, 4) is 0 Å². The molecule has 2 atom stereocenters. The van der Waals surface area contributed by atoms with Crippen molar-refractivity contribution < 1.29 is 13.9 Å². The van der Waals surface area contributed by atoms with E-state index in [4.69, 9.17) is 4.74 Å². The maximum Gasteiger partial charge on any atom is 0.246 e. The third-order valence-electron chi connectivity index (χ3n) is 3.97. The van der Waals surface area contributed by atoms with E-state index >= 15 is 0 Å². The Hall–Kier alpha value is -1.42. The molecule has 0 radical (unpaired) electrons. The fourth-order valence-electron chi connectivity index (χ4n) is 3.17. The Balaban J connectivity index is 2.07. The Morgan fingerprint density at radius 1 is 1.33 bits per heavy atom. The van der Waals surface area contributed by atoms with Crippen molar-refractivity contribution in [3.05, 3.63) is 35.6 Å². The largest absolute Gasteiger partial charge is 0.366 e. The smallest absolute Gasteiger partial charge is 0.246 e. The highest BCUT2D eigenvalue weighted by Gasteiger charge is 2.48. The molecule has 0 aromatic heterocycles. The van der Waals surface area contributed by atoms with Gasteiger partial charge in [-0.15, -0.1) is 0 Å². The van der Waals surface area contributed by atoms with Gasteiger partial charge < -0.3 is 10.1 Å². The number of rotatable bonds is 1. The second-order valence-electron chi connectivity index (χ2n) is 5.04. The van der Waals surface area contributed by atoms with Crippen molar-refractivity contribution in [1.82, 2.24) is 5.32 Å². The summed E-state index contributed by atoms with van der Waals surface area (Å²) in [7, 11) is 0. The van der Waals surface area contributed by atoms with Gasteiger partial charge in [0.25, 0.3) is 0 Å². The Morgan fingerprint density at radius 3 is 3.00 bits per heavy atom. The molecule has 0 bridgehead atoms. The summed E-state index contributed by atoms with van der Waals surface area (Å²) in [5.41, 5.74) is -0.110. The normalized spacial score (nSPS) is 31.6. The van der Waals surface area contributed by atoms with Crippen molar-refractivity contribution in [2.75, 3.05) is 6.61 Å². The molecule has 1 aromatic carbocycles. The lowest BCUT2D eigenvalue weighted by Crippen LogP contribution is -2.61. The van der Waals surface area contributed by atoms with E-state index in [1.54, 1.807) is 18.2 Å². The van der Waals surface area contributed by atoms with Crippen LogP contribution in [0, 0.1) is 5.82 Å². The molecule has 1 aliphatic heterocycles. The number of hydrogen-bond acceptors (Lipinski definition) is 2. The molecule has 18 heavy (non-hydrogen) atoms. The lowest BCUT2D eigenvalue weighted by atomic mass is 9.73. The van der Waals surface area contributed by atoms with Gasteiger partial charge in [-0.25, -0.2) is 4.39 Å². The number of hydrogen-bond donors (Lipinski definition) is 1. The lowest BCUT2D eigenvalue weighted by Gasteiger charge is -2.47. The molecule has 1 aromatic rings. The second kappa shape index (κ2) is 4.35. The van der Waals surface area contributed by atoms with Gasteiger partial charge in [0.1, 0.15) is 12.4 Å². The maximum absolute atomic E-state index is 14.1. The van der Waals surface area contributed by atoms with E-state index in [-0.39, 0.29) is 24.4 Å². The molecule has 1 heterocycles. The second-order valence-corrected chi connectivity index (χ2v) is 5.04. The van der Waals surface area contributed by atoms with Crippen LogP contribution in [0.4, 0.5) is 4.39 Å². The van der Waals surface area contributed by atoms with E-state index in [1.807, 2.05) is 0 Å². The highest BCUT2D eigenvalue weighted by molar-refractivity contribution is 5.79. The molecule has 1 saturated heterocycles. The molecule has 1 saturated carbocycles. The monoisotopic (exact) mass is 249 g/mol. The number of fused-ring (bicyclic) bond motifs is 1. The van der Waals surface area contributed by atoms with Gasteiger partial charge in [-0.1, -0.05) is 31.0 Å². The number of carbonyl (C=O) groups excluding carboxylic acids is 1. The summed E-state index contributed by atoms with van der Waals surface area (Å²) in [6.45, 7) is 0.0842. The van der Waals surface area contributed by atoms with Gasteiger partial charge in [0.15, 0.2) is 0 Å². The van der Waals surface area contributed by atoms with Gasteiger partial charge in [0.05, 0.1) is 11.6 Å². The molecule has 2 aliphatic rings. The number of morpholine rings is 1. The van der Waals surface area contributed by atoms with Crippen LogP contribution in [0.3, 0.4) is 0 Å². The summed E-state index contributed by atoms with van der Waals surface area (Å²) >= 11 is 0. The Kier molecular flexibility index (Phi) is 2.82. The van der Waals surface area contributed by atoms with Gasteiger partial charge in [0.2, 0.25) is 5.91 Å². The summed E-state index contributed by atoms with van der Waals surface area (Å²) < 4.78 is 19.7. The molecule has 3 nitrogen and oxygen atoms in total. The molecular formula is C14H16FNO2. The first-order chi connectivity index (χ1) is 8.72. The molecular weight excluding hydrogens is 233 g/mol. The first-order valence-corrected chi connectivity index (χ1v) is 6.40. The van der Waals surface area contributed by atoms with Crippen LogP contribution in [-0.2, 0) is 15.1 Å². The van der Waals surface area contributed by atoms with E-state index in [1.165, 1.54) is 6.07 Å². The van der Waals surface area contributed by atoms with E-state index in [2.05, 4.69) is 5.32 Å². The average Bonchev–Trinajstić information content (AvgIpc) is 2.38. The number of halogens is 1. The van der Waals surface area contributed by atoms with Crippen molar-refractivity contribution in [2.24, 2.45) is 0 Å². The van der Waals surface area contributed by atoms with Crippen LogP contribution in [0.15, 0.2) is 24.3 Å². The van der Waals surface area contributed by atoms with Crippen LogP contribution in [0.5, 0.6) is 0 Å². The van der Waals surface area contributed by atoms with Crippen LogP contribution < -0.4 is 5.32 Å². The lowest BCUT2D eigenvalue weighted by molar-refractivity contribution is -0.149. The van der Waals surface area contributed by atoms with Gasteiger partial charge in [-0.2, -0.15) is 0 Å². The zero-order valence-corrected chi connectivity index (χ0v) is 10.1. The molecule has 4 heteroatoms. The molecule has 96 valence electrons. The van der Waals surface area contributed by atoms with E-state index in [9.17, 15) is 9.18 Å². The van der Waals surface area contributed by atoms with Crippen LogP contribution >= 0.6 is 0 Å². The topological polar surface area (TPSA) is 38.3 Å². The van der Waals surface area contributed by atoms with E-state index in [0.29, 0.717) is 5.56 Å². The standard InChI is InChI=1S/C14H16FNO2/c15-11-6-2-1-5-10(11)14-8-4-3-7-12(14)18-9-13(17)16-14/h1-2,5-6,12H,3-4,7-9H2,(H,16,17). The minimum Gasteiger partial charge on any atom is -0.366 e. The predicted octanol–water partition coefficient (Wildman–Crippen LogP) is 2.11. The summed E-state index contributed by atoms with van der Waals surface area (Å²) in [5.74, 6) is -0.424. The summed E-state index contributed by atoms with van der Waals surface area (Å²) in [6.07, 6.45) is 3.55. The number of carbonyl (C=O) groups is 1. The number of nitrogens with one attached hydrogen (secondary N) is 1. The van der Waals surface area contributed by atoms with E-state index in [0.717, 1.165) is 25.7 Å². The highest BCUT2D eigenvalue weighted by Crippen LogP contribution is 2.41. The third kappa shape index (κ3) is 1.72. The SMILES string of the molecule is O=C1COC2CCCCC2(c2ccccc2F)N1. The third-order valence-corrected chi connectivity index (χ3v) is 3.97. The average molecular weight is 249 g/mol. The van der Waals surface area contributed by atoms with Gasteiger partial charge >= 0.3 is 0 Å². The fraction of sp³-hybridized carbons (Fsp3) is 0.500. The Bertz CT molecular complexity index is 477. The van der Waals surface area contributed by atoms with Crippen LogP contribution in [-0.4, -0.2) is 18.6 Å². The first kappa shape index (κ1) is 11.7. The van der Waals surface area contributed by atoms with Gasteiger partial charge in [-0.3, -0.25) is 4.79 Å². The quantitative estimate of drug-likeness (QED) is 0.827. The number of benzene rings is 1. The Labute approximate surface area is 105 Å². The molecule has 1 N–H and O–H groups in total. The zero-order chi connectivity index (χ0) is 12.6. The number of amides is 1. The molecule has 2 unspecified atom stereocenters. The Morgan fingerprint density at radius 2 is 2.17 bits per heavy atom. The van der Waals surface area contributed by atoms with Crippen LogP contribution in [0.2, 0.25) is 0 Å². The summed E-state index contributed by atoms with van der Waals surface area (Å²) in [6, 6.07) is 6.66. The molecule has 2 fully saturated rings. The highest BCUT2D eigenvalue weighted by atomic mass is 19.1. The predicted molar refractivity (Wildman–Crippen MR) is 64.4 cm³/mol. The van der Waals surface area contributed by atoms with E-state index < -0.39 is 5.54 Å². The van der Waals surface area contributed by atoms with Crippen molar-refractivity contribution in [1.29, 1.82) is 0 Å². The van der Waals surface area contributed by atoms with Crippen LogP contribution in [0.1, 0.15) is 31.2 Å². The minimum absolute atomic E-state index is 0.0842. The zero-order valence-electron chi connectivity index (χ0n) is 10.1. The van der Waals surface area contributed by atoms with Crippen molar-refractivity contribution in [3.63, 3.8) is 0 Å². The van der Waals surface area contributed by atoms with Crippen molar-refractivity contribution in [2.45, 2.75) is 37.3 Å². The molecule has 1 aliphatic carbocycles. The molecule has 1 amide bonds. The maximum atomic E-state index is 14.1. The number of ether oxygens (including phenoxy) is 1. The van der Waals surface area contributed by atoms with Gasteiger partial charge in [-0.05, 0) is 18.9 Å². The van der Waals surface area contributed by atoms with Crippen LogP contribution in [0.25, 0.3) is 0 Å². The first-order valence-electron chi connectivity index (χ1n) is 6.40. The fourth-order valence-corrected chi connectivity index (χ4v) is 3.17. The molecule has 3 rings (SSSR count). The van der Waals surface area contributed by atoms with Gasteiger partial charge in [0, 0.05) is 5.56 Å². The summed E-state index contributed by atoms with van der Waals surface area (Å²) in [4.78, 5) is 11.6. The van der Waals surface area contributed by atoms with Crippen molar-refractivity contribution >= 4 is 5.91 Å². The summed E-state index contributed by atoms with van der Waals surface area (Å²) in [5, 5.41) is 2.98.